The Hall–Kier alpha value is -3.14. The summed E-state index contributed by atoms with van der Waals surface area (Å²) < 4.78 is 49.0. The van der Waals surface area contributed by atoms with Gasteiger partial charge in [-0.1, -0.05) is 13.0 Å². The lowest BCUT2D eigenvalue weighted by Crippen LogP contribution is -2.59. The van der Waals surface area contributed by atoms with Crippen LogP contribution in [0.2, 0.25) is 0 Å². The van der Waals surface area contributed by atoms with Gasteiger partial charge in [0, 0.05) is 24.9 Å². The van der Waals surface area contributed by atoms with Gasteiger partial charge in [0.05, 0.1) is 17.8 Å². The standard InChI is InChI=1S/C26H26F3N3O3/c1-3-23-26(2,34)22(30)12-21(35-23)15-9-10-31-13-14(15)11-20(33)19-8-7-18(29)25(32-19)24-16(27)5-4-6-17(24)28/h4-10,13,21-23,34H,3,11-12,30H2,1-2H3/t21-,22-,23-,26+/m0/s1. The number of halogens is 3. The molecule has 0 bridgehead atoms. The number of ether oxygens (including phenoxy) is 1. The van der Waals surface area contributed by atoms with Crippen LogP contribution in [0.15, 0.2) is 48.8 Å². The maximum atomic E-state index is 14.4. The molecule has 0 radical (unpaired) electrons. The zero-order chi connectivity index (χ0) is 25.3. The summed E-state index contributed by atoms with van der Waals surface area (Å²) >= 11 is 0. The van der Waals surface area contributed by atoms with Crippen LogP contribution in [0.1, 0.15) is 54.4 Å². The summed E-state index contributed by atoms with van der Waals surface area (Å²) in [6.45, 7) is 3.54. The van der Waals surface area contributed by atoms with Crippen molar-refractivity contribution >= 4 is 5.78 Å². The predicted molar refractivity (Wildman–Crippen MR) is 123 cm³/mol. The van der Waals surface area contributed by atoms with Crippen molar-refractivity contribution in [2.45, 2.75) is 57.0 Å². The SMILES string of the molecule is CC[C@@H]1O[C@H](c2ccncc2CC(=O)c2ccc(F)c(-c3c(F)cccc3F)n2)C[C@H](N)[C@@]1(C)O. The summed E-state index contributed by atoms with van der Waals surface area (Å²) in [5.41, 5.74) is 4.94. The summed E-state index contributed by atoms with van der Waals surface area (Å²) in [4.78, 5) is 21.2. The number of hydrogen-bond acceptors (Lipinski definition) is 6. The molecule has 0 aliphatic carbocycles. The molecule has 3 N–H and O–H groups in total. The van der Waals surface area contributed by atoms with Crippen molar-refractivity contribution < 1.29 is 27.8 Å². The lowest BCUT2D eigenvalue weighted by molar-refractivity contribution is -0.179. The molecule has 1 aliphatic heterocycles. The molecule has 0 amide bonds. The van der Waals surface area contributed by atoms with Crippen molar-refractivity contribution in [3.8, 4) is 11.3 Å². The molecule has 4 atom stereocenters. The minimum atomic E-state index is -1.19. The van der Waals surface area contributed by atoms with E-state index < -0.39 is 58.3 Å². The van der Waals surface area contributed by atoms with E-state index >= 15 is 0 Å². The Labute approximate surface area is 201 Å². The van der Waals surface area contributed by atoms with E-state index in [0.29, 0.717) is 24.0 Å². The number of carbonyl (C=O) groups excluding carboxylic acids is 1. The lowest BCUT2D eigenvalue weighted by Gasteiger charge is -2.45. The largest absolute Gasteiger partial charge is 0.386 e. The first-order valence-electron chi connectivity index (χ1n) is 11.3. The maximum absolute atomic E-state index is 14.4. The van der Waals surface area contributed by atoms with Crippen LogP contribution in [0.4, 0.5) is 13.2 Å². The molecule has 4 rings (SSSR count). The molecular weight excluding hydrogens is 459 g/mol. The number of aromatic nitrogens is 2. The summed E-state index contributed by atoms with van der Waals surface area (Å²) in [5.74, 6) is -3.41. The summed E-state index contributed by atoms with van der Waals surface area (Å²) in [6.07, 6.45) is 2.86. The van der Waals surface area contributed by atoms with Gasteiger partial charge in [-0.25, -0.2) is 18.2 Å². The molecule has 0 saturated carbocycles. The first kappa shape index (κ1) is 25.0. The van der Waals surface area contributed by atoms with Gasteiger partial charge in [-0.2, -0.15) is 0 Å². The smallest absolute Gasteiger partial charge is 0.185 e. The molecule has 6 nitrogen and oxygen atoms in total. The Morgan fingerprint density at radius 1 is 1.17 bits per heavy atom. The van der Waals surface area contributed by atoms with E-state index in [0.717, 1.165) is 24.3 Å². The lowest BCUT2D eigenvalue weighted by atomic mass is 9.81. The normalized spacial score (nSPS) is 24.4. The quantitative estimate of drug-likeness (QED) is 0.505. The predicted octanol–water partition coefficient (Wildman–Crippen LogP) is 4.30. The van der Waals surface area contributed by atoms with Gasteiger partial charge in [0.1, 0.15) is 34.4 Å². The number of hydrogen-bond donors (Lipinski definition) is 2. The highest BCUT2D eigenvalue weighted by atomic mass is 19.1. The minimum Gasteiger partial charge on any atom is -0.386 e. The molecule has 1 saturated heterocycles. The van der Waals surface area contributed by atoms with Crippen LogP contribution in [0.25, 0.3) is 11.3 Å². The molecule has 35 heavy (non-hydrogen) atoms. The first-order chi connectivity index (χ1) is 16.6. The number of pyridine rings is 2. The van der Waals surface area contributed by atoms with E-state index in [1.165, 1.54) is 12.3 Å². The van der Waals surface area contributed by atoms with Gasteiger partial charge in [0.25, 0.3) is 0 Å². The van der Waals surface area contributed by atoms with E-state index in [9.17, 15) is 23.1 Å². The van der Waals surface area contributed by atoms with Crippen LogP contribution < -0.4 is 5.73 Å². The van der Waals surface area contributed by atoms with E-state index in [-0.39, 0.29) is 12.1 Å². The molecule has 0 spiro atoms. The van der Waals surface area contributed by atoms with Crippen molar-refractivity contribution in [1.82, 2.24) is 9.97 Å². The highest BCUT2D eigenvalue weighted by Gasteiger charge is 2.45. The summed E-state index contributed by atoms with van der Waals surface area (Å²) in [6, 6.07) is 6.46. The van der Waals surface area contributed by atoms with Gasteiger partial charge < -0.3 is 15.6 Å². The molecule has 1 aromatic carbocycles. The molecule has 1 aliphatic rings. The van der Waals surface area contributed by atoms with Crippen molar-refractivity contribution in [1.29, 1.82) is 0 Å². The topological polar surface area (TPSA) is 98.3 Å². The van der Waals surface area contributed by atoms with E-state index in [4.69, 9.17) is 10.5 Å². The summed E-state index contributed by atoms with van der Waals surface area (Å²) in [5, 5.41) is 10.7. The van der Waals surface area contributed by atoms with Crippen molar-refractivity contribution in [2.24, 2.45) is 5.73 Å². The number of nitrogens with two attached hydrogens (primary N) is 1. The second-order valence-electron chi connectivity index (χ2n) is 8.89. The Bertz CT molecular complexity index is 1230. The van der Waals surface area contributed by atoms with Crippen molar-refractivity contribution in [2.75, 3.05) is 0 Å². The Morgan fingerprint density at radius 3 is 2.57 bits per heavy atom. The Kier molecular flexibility index (Phi) is 7.02. The van der Waals surface area contributed by atoms with Crippen LogP contribution in [0.5, 0.6) is 0 Å². The third-order valence-electron chi connectivity index (χ3n) is 6.54. The van der Waals surface area contributed by atoms with Gasteiger partial charge in [-0.3, -0.25) is 9.78 Å². The number of carbonyl (C=O) groups is 1. The molecule has 2 aromatic heterocycles. The second-order valence-corrected chi connectivity index (χ2v) is 8.89. The van der Waals surface area contributed by atoms with Gasteiger partial charge in [-0.15, -0.1) is 0 Å². The number of nitrogens with zero attached hydrogens (tertiary/aromatic N) is 2. The zero-order valence-electron chi connectivity index (χ0n) is 19.3. The Morgan fingerprint density at radius 2 is 1.89 bits per heavy atom. The van der Waals surface area contributed by atoms with Crippen LogP contribution in [-0.2, 0) is 11.2 Å². The molecule has 184 valence electrons. The monoisotopic (exact) mass is 485 g/mol. The molecule has 9 heteroatoms. The number of aliphatic hydroxyl groups is 1. The van der Waals surface area contributed by atoms with Crippen LogP contribution in [0.3, 0.4) is 0 Å². The molecule has 3 heterocycles. The number of Topliss-reactive ketones (excluding diaryl/α,β-unsaturated/α-hetero) is 1. The van der Waals surface area contributed by atoms with Gasteiger partial charge in [-0.05, 0) is 61.2 Å². The minimum absolute atomic E-state index is 0.144. The van der Waals surface area contributed by atoms with Crippen molar-refractivity contribution in [3.05, 3.63) is 83.1 Å². The second kappa shape index (κ2) is 9.85. The van der Waals surface area contributed by atoms with Gasteiger partial charge >= 0.3 is 0 Å². The average Bonchev–Trinajstić information content (AvgIpc) is 2.82. The Balaban J connectivity index is 1.63. The van der Waals surface area contributed by atoms with E-state index in [1.807, 2.05) is 6.92 Å². The van der Waals surface area contributed by atoms with E-state index in [2.05, 4.69) is 9.97 Å². The zero-order valence-corrected chi connectivity index (χ0v) is 19.3. The highest BCUT2D eigenvalue weighted by Crippen LogP contribution is 2.38. The molecule has 0 unspecified atom stereocenters. The molecular formula is C26H26F3N3O3. The highest BCUT2D eigenvalue weighted by molar-refractivity contribution is 5.96. The fourth-order valence-corrected chi connectivity index (χ4v) is 4.47. The van der Waals surface area contributed by atoms with Crippen LogP contribution in [-0.4, -0.2) is 38.6 Å². The maximum Gasteiger partial charge on any atom is 0.185 e. The van der Waals surface area contributed by atoms with Crippen LogP contribution >= 0.6 is 0 Å². The van der Waals surface area contributed by atoms with Gasteiger partial charge in [0.2, 0.25) is 0 Å². The summed E-state index contributed by atoms with van der Waals surface area (Å²) in [7, 11) is 0. The first-order valence-corrected chi connectivity index (χ1v) is 11.3. The van der Waals surface area contributed by atoms with Crippen LogP contribution in [0, 0.1) is 17.5 Å². The third kappa shape index (κ3) is 4.84. The average molecular weight is 486 g/mol. The molecule has 3 aromatic rings. The number of rotatable bonds is 6. The third-order valence-corrected chi connectivity index (χ3v) is 6.54. The fourth-order valence-electron chi connectivity index (χ4n) is 4.47. The van der Waals surface area contributed by atoms with Crippen molar-refractivity contribution in [3.63, 3.8) is 0 Å². The van der Waals surface area contributed by atoms with E-state index in [1.54, 1.807) is 19.2 Å². The number of benzene rings is 1. The fraction of sp³-hybridized carbons (Fsp3) is 0.346. The molecule has 1 fully saturated rings. The number of ketones is 1. The van der Waals surface area contributed by atoms with Gasteiger partial charge in [0.15, 0.2) is 5.78 Å².